The number of rotatable bonds is 5. The molecule has 0 atom stereocenters. The number of carbonyl (C=O) groups is 1. The molecule has 0 saturated heterocycles. The highest BCUT2D eigenvalue weighted by Crippen LogP contribution is 2.24. The fourth-order valence-corrected chi connectivity index (χ4v) is 3.46. The average molecular weight is 404 g/mol. The van der Waals surface area contributed by atoms with Gasteiger partial charge in [0.05, 0.1) is 12.0 Å². The molecular formula is C15H16N8O4S. The Morgan fingerprint density at radius 3 is 2.64 bits per heavy atom. The number of methoxy groups -OCH3 is 1. The van der Waals surface area contributed by atoms with Crippen LogP contribution < -0.4 is 14.8 Å². The van der Waals surface area contributed by atoms with Crippen LogP contribution in [0.25, 0.3) is 11.4 Å². The van der Waals surface area contributed by atoms with Crippen molar-refractivity contribution in [2.24, 2.45) is 7.05 Å². The van der Waals surface area contributed by atoms with Gasteiger partial charge in [-0.1, -0.05) is 12.1 Å². The summed E-state index contributed by atoms with van der Waals surface area (Å²) >= 11 is 0. The van der Waals surface area contributed by atoms with Crippen LogP contribution in [0, 0.1) is 6.92 Å². The number of anilines is 1. The first-order chi connectivity index (χ1) is 13.3. The van der Waals surface area contributed by atoms with Gasteiger partial charge in [-0.3, -0.25) is 5.32 Å². The summed E-state index contributed by atoms with van der Waals surface area (Å²) in [6.45, 7) is 1.68. The topological polar surface area (TPSA) is 154 Å². The summed E-state index contributed by atoms with van der Waals surface area (Å²) < 4.78 is 33.7. The molecule has 0 aliphatic carbocycles. The first-order valence-electron chi connectivity index (χ1n) is 7.85. The maximum absolute atomic E-state index is 12.7. The molecule has 0 aliphatic rings. The van der Waals surface area contributed by atoms with Gasteiger partial charge in [0, 0.05) is 24.4 Å². The van der Waals surface area contributed by atoms with Gasteiger partial charge >= 0.3 is 6.03 Å². The Kier molecular flexibility index (Phi) is 5.17. The molecule has 0 saturated carbocycles. The SMILES string of the molecule is COc1cc(C)nc(NC(=O)NS(=O)(=O)c2ccccc2-c2nnnn2C)n1. The molecule has 0 fully saturated rings. The molecule has 0 unspecified atom stereocenters. The number of aryl methyl sites for hydroxylation is 2. The van der Waals surface area contributed by atoms with Crippen LogP contribution >= 0.6 is 0 Å². The van der Waals surface area contributed by atoms with Crippen LogP contribution in [-0.4, -0.2) is 51.7 Å². The van der Waals surface area contributed by atoms with Crippen molar-refractivity contribution in [2.75, 3.05) is 12.4 Å². The zero-order valence-corrected chi connectivity index (χ0v) is 15.9. The molecule has 0 spiro atoms. The van der Waals surface area contributed by atoms with Crippen molar-refractivity contribution >= 4 is 22.0 Å². The number of ether oxygens (including phenoxy) is 1. The van der Waals surface area contributed by atoms with Crippen LogP contribution in [0.3, 0.4) is 0 Å². The number of aromatic nitrogens is 6. The summed E-state index contributed by atoms with van der Waals surface area (Å²) in [5.41, 5.74) is 0.772. The van der Waals surface area contributed by atoms with Crippen LogP contribution in [0.1, 0.15) is 5.69 Å². The van der Waals surface area contributed by atoms with E-state index in [4.69, 9.17) is 4.74 Å². The summed E-state index contributed by atoms with van der Waals surface area (Å²) in [6, 6.07) is 6.56. The average Bonchev–Trinajstić information content (AvgIpc) is 3.06. The monoisotopic (exact) mass is 404 g/mol. The Bertz CT molecular complexity index is 1130. The fourth-order valence-electron chi connectivity index (χ4n) is 2.35. The molecule has 28 heavy (non-hydrogen) atoms. The Labute approximate surface area is 160 Å². The molecule has 0 aliphatic heterocycles. The summed E-state index contributed by atoms with van der Waals surface area (Å²) in [5, 5.41) is 13.3. The number of hydrogen-bond donors (Lipinski definition) is 2. The first-order valence-corrected chi connectivity index (χ1v) is 9.33. The zero-order valence-electron chi connectivity index (χ0n) is 15.1. The van der Waals surface area contributed by atoms with Gasteiger partial charge in [-0.05, 0) is 29.5 Å². The van der Waals surface area contributed by atoms with Crippen molar-refractivity contribution in [3.63, 3.8) is 0 Å². The summed E-state index contributed by atoms with van der Waals surface area (Å²) in [7, 11) is -1.25. The number of benzene rings is 1. The van der Waals surface area contributed by atoms with E-state index < -0.39 is 16.1 Å². The number of nitrogens with zero attached hydrogens (tertiary/aromatic N) is 6. The van der Waals surface area contributed by atoms with Gasteiger partial charge in [0.2, 0.25) is 11.8 Å². The Balaban J connectivity index is 1.86. The van der Waals surface area contributed by atoms with Gasteiger partial charge in [-0.2, -0.15) is 4.98 Å². The molecule has 2 heterocycles. The second kappa shape index (κ2) is 7.56. The molecule has 0 radical (unpaired) electrons. The quantitative estimate of drug-likeness (QED) is 0.618. The van der Waals surface area contributed by atoms with Gasteiger partial charge in [-0.25, -0.2) is 27.6 Å². The minimum absolute atomic E-state index is 0.102. The third-order valence-electron chi connectivity index (χ3n) is 3.53. The summed E-state index contributed by atoms with van der Waals surface area (Å²) in [6.07, 6.45) is 0. The molecule has 146 valence electrons. The fraction of sp³-hybridized carbons (Fsp3) is 0.200. The van der Waals surface area contributed by atoms with E-state index in [-0.39, 0.29) is 28.1 Å². The lowest BCUT2D eigenvalue weighted by Gasteiger charge is -2.11. The number of urea groups is 1. The maximum atomic E-state index is 12.7. The predicted molar refractivity (Wildman–Crippen MR) is 96.9 cm³/mol. The van der Waals surface area contributed by atoms with E-state index in [1.165, 1.54) is 30.0 Å². The van der Waals surface area contributed by atoms with Crippen LogP contribution in [0.2, 0.25) is 0 Å². The van der Waals surface area contributed by atoms with Gasteiger partial charge in [0.15, 0.2) is 5.82 Å². The number of sulfonamides is 1. The second-order valence-corrected chi connectivity index (χ2v) is 7.21. The minimum Gasteiger partial charge on any atom is -0.481 e. The van der Waals surface area contributed by atoms with E-state index in [1.54, 1.807) is 26.1 Å². The lowest BCUT2D eigenvalue weighted by Crippen LogP contribution is -2.35. The van der Waals surface area contributed by atoms with Crippen LogP contribution in [0.5, 0.6) is 5.88 Å². The highest BCUT2D eigenvalue weighted by molar-refractivity contribution is 7.90. The van der Waals surface area contributed by atoms with Crippen molar-refractivity contribution < 1.29 is 17.9 Å². The number of carbonyl (C=O) groups excluding carboxylic acids is 1. The Morgan fingerprint density at radius 1 is 1.21 bits per heavy atom. The van der Waals surface area contributed by atoms with E-state index in [2.05, 4.69) is 30.8 Å². The standard InChI is InChI=1S/C15H16N8O4S/c1-9-8-12(27-3)17-14(16-9)18-15(24)20-28(25,26)11-7-5-4-6-10(11)13-19-21-22-23(13)2/h4-8H,1-3H3,(H2,16,17,18,20,24). The van der Waals surface area contributed by atoms with Crippen LogP contribution in [0.15, 0.2) is 35.2 Å². The molecule has 3 aromatic rings. The highest BCUT2D eigenvalue weighted by atomic mass is 32.2. The van der Waals surface area contributed by atoms with E-state index >= 15 is 0 Å². The van der Waals surface area contributed by atoms with E-state index in [9.17, 15) is 13.2 Å². The largest absolute Gasteiger partial charge is 0.481 e. The molecule has 2 N–H and O–H groups in total. The van der Waals surface area contributed by atoms with Crippen LogP contribution in [-0.2, 0) is 17.1 Å². The van der Waals surface area contributed by atoms with Gasteiger partial charge in [0.25, 0.3) is 10.0 Å². The Hall–Kier alpha value is -3.61. The van der Waals surface area contributed by atoms with Crippen molar-refractivity contribution in [1.82, 2.24) is 34.9 Å². The zero-order chi connectivity index (χ0) is 20.3. The number of amides is 2. The number of tetrazole rings is 1. The molecule has 1 aromatic carbocycles. The lowest BCUT2D eigenvalue weighted by molar-refractivity contribution is 0.256. The van der Waals surface area contributed by atoms with Gasteiger partial charge in [0.1, 0.15) is 0 Å². The lowest BCUT2D eigenvalue weighted by atomic mass is 10.2. The van der Waals surface area contributed by atoms with Crippen molar-refractivity contribution in [3.05, 3.63) is 36.0 Å². The summed E-state index contributed by atoms with van der Waals surface area (Å²) in [5.74, 6) is 0.356. The van der Waals surface area contributed by atoms with E-state index in [1.807, 2.05) is 4.72 Å². The molecule has 12 nitrogen and oxygen atoms in total. The van der Waals surface area contributed by atoms with Crippen molar-refractivity contribution in [3.8, 4) is 17.3 Å². The van der Waals surface area contributed by atoms with Crippen molar-refractivity contribution in [1.29, 1.82) is 0 Å². The Morgan fingerprint density at radius 2 is 1.96 bits per heavy atom. The van der Waals surface area contributed by atoms with E-state index in [0.29, 0.717) is 5.69 Å². The minimum atomic E-state index is -4.24. The third-order valence-corrected chi connectivity index (χ3v) is 4.92. The molecule has 3 rings (SSSR count). The van der Waals surface area contributed by atoms with Gasteiger partial charge < -0.3 is 4.74 Å². The predicted octanol–water partition coefficient (Wildman–Crippen LogP) is 0.495. The molecule has 2 amide bonds. The summed E-state index contributed by atoms with van der Waals surface area (Å²) in [4.78, 5) is 20.0. The van der Waals surface area contributed by atoms with Crippen LogP contribution in [0.4, 0.5) is 10.7 Å². The maximum Gasteiger partial charge on any atom is 0.335 e. The highest BCUT2D eigenvalue weighted by Gasteiger charge is 2.24. The first kappa shape index (κ1) is 19.2. The number of nitrogens with one attached hydrogen (secondary N) is 2. The van der Waals surface area contributed by atoms with Crippen molar-refractivity contribution in [2.45, 2.75) is 11.8 Å². The van der Waals surface area contributed by atoms with Gasteiger partial charge in [-0.15, -0.1) is 5.10 Å². The molecular weight excluding hydrogens is 388 g/mol. The smallest absolute Gasteiger partial charge is 0.335 e. The molecule has 0 bridgehead atoms. The number of hydrogen-bond acceptors (Lipinski definition) is 9. The molecule has 13 heteroatoms. The third kappa shape index (κ3) is 4.03. The molecule has 2 aromatic heterocycles. The van der Waals surface area contributed by atoms with E-state index in [0.717, 1.165) is 0 Å². The normalized spacial score (nSPS) is 11.1. The second-order valence-electron chi connectivity index (χ2n) is 5.56.